The Hall–Kier alpha value is -3.43. The van der Waals surface area contributed by atoms with E-state index >= 15 is 0 Å². The molecule has 0 saturated carbocycles. The Morgan fingerprint density at radius 1 is 1.10 bits per heavy atom. The summed E-state index contributed by atoms with van der Waals surface area (Å²) in [6.45, 7) is 10.1. The van der Waals surface area contributed by atoms with Crippen molar-refractivity contribution in [1.82, 2.24) is 19.4 Å². The van der Waals surface area contributed by atoms with Gasteiger partial charge in [0.25, 0.3) is 17.4 Å². The zero-order valence-electron chi connectivity index (χ0n) is 24.7. The number of nitrogens with zero attached hydrogens (tertiary/aromatic N) is 3. The summed E-state index contributed by atoms with van der Waals surface area (Å²) in [5.74, 6) is -1.44. The Morgan fingerprint density at radius 2 is 1.71 bits per heavy atom. The van der Waals surface area contributed by atoms with Gasteiger partial charge in [0.2, 0.25) is 5.91 Å². The molecule has 228 valence electrons. The Kier molecular flexibility index (Phi) is 9.04. The molecule has 0 spiro atoms. The molecule has 4 rings (SSSR count). The van der Waals surface area contributed by atoms with Gasteiger partial charge in [0.1, 0.15) is 24.9 Å². The second kappa shape index (κ2) is 12.0. The number of H-pyrrole nitrogens is 1. The number of likely N-dealkylation sites (N-methyl/N-ethyl adjacent to an activating group) is 1. The number of amides is 3. The predicted molar refractivity (Wildman–Crippen MR) is 154 cm³/mol. The highest BCUT2D eigenvalue weighted by Crippen LogP contribution is 2.41. The first-order valence-electron chi connectivity index (χ1n) is 13.7. The highest BCUT2D eigenvalue weighted by atomic mass is 28.4. The topological polar surface area (TPSA) is 160 Å². The number of ether oxygens (including phenoxy) is 2. The number of rotatable bonds is 10. The molecule has 1 aromatic heterocycles. The third kappa shape index (κ3) is 6.32. The Morgan fingerprint density at radius 3 is 2.29 bits per heavy atom. The van der Waals surface area contributed by atoms with Gasteiger partial charge in [0.15, 0.2) is 14.5 Å². The SMILES string of the molecule is CN(CCOC[C@H]1O[C@@H](n2ccc(=O)[nH]c2=O)[C@@H](O)C1O[Si](C)(C)C(C)(C)C)C(=O)CN1C(=O)c2ccccc2C1=O. The maximum atomic E-state index is 12.8. The van der Waals surface area contributed by atoms with Crippen LogP contribution in [-0.2, 0) is 18.7 Å². The molecule has 0 bridgehead atoms. The van der Waals surface area contributed by atoms with Crippen LogP contribution < -0.4 is 11.2 Å². The molecule has 4 atom stereocenters. The minimum Gasteiger partial charge on any atom is -0.408 e. The molecule has 2 aliphatic rings. The van der Waals surface area contributed by atoms with E-state index in [1.165, 1.54) is 17.2 Å². The van der Waals surface area contributed by atoms with Gasteiger partial charge in [-0.3, -0.25) is 33.6 Å². The number of aromatic nitrogens is 2. The van der Waals surface area contributed by atoms with E-state index in [1.54, 1.807) is 31.3 Å². The standard InChI is InChI=1S/C28H38N4O9Si/c1-28(2,3)42(5,6)41-23-19(40-26(22(23)35)31-12-11-20(33)29-27(31)38)16-39-14-13-30(4)21(34)15-32-24(36)17-9-7-8-10-18(17)25(32)37/h7-12,19,22-23,26,35H,13-16H2,1-6H3,(H,29,33,38)/t19-,22+,23?,26-/m1/s1. The number of carbonyl (C=O) groups is 3. The molecule has 0 aliphatic carbocycles. The summed E-state index contributed by atoms with van der Waals surface area (Å²) in [5.41, 5.74) is -0.745. The summed E-state index contributed by atoms with van der Waals surface area (Å²) < 4.78 is 19.5. The number of carbonyl (C=O) groups excluding carboxylic acids is 3. The molecule has 14 heteroatoms. The molecule has 1 fully saturated rings. The Labute approximate surface area is 244 Å². The molecule has 0 radical (unpaired) electrons. The average Bonchev–Trinajstić information content (AvgIpc) is 3.34. The van der Waals surface area contributed by atoms with Crippen molar-refractivity contribution in [2.24, 2.45) is 0 Å². The summed E-state index contributed by atoms with van der Waals surface area (Å²) in [6.07, 6.45) is -2.64. The normalized spacial score (nSPS) is 22.5. The molecule has 1 unspecified atom stereocenters. The number of nitrogens with one attached hydrogen (secondary N) is 1. The molecule has 2 aliphatic heterocycles. The first-order valence-corrected chi connectivity index (χ1v) is 16.6. The molecular weight excluding hydrogens is 564 g/mol. The first kappa shape index (κ1) is 31.5. The number of fused-ring (bicyclic) bond motifs is 1. The molecule has 42 heavy (non-hydrogen) atoms. The van der Waals surface area contributed by atoms with Gasteiger partial charge in [-0.25, -0.2) is 4.79 Å². The number of imide groups is 1. The van der Waals surface area contributed by atoms with Crippen molar-refractivity contribution in [3.8, 4) is 0 Å². The van der Waals surface area contributed by atoms with E-state index in [-0.39, 0.29) is 35.9 Å². The van der Waals surface area contributed by atoms with Gasteiger partial charge in [0.05, 0.1) is 24.3 Å². The van der Waals surface area contributed by atoms with Crippen LogP contribution in [0.1, 0.15) is 47.7 Å². The summed E-state index contributed by atoms with van der Waals surface area (Å²) in [4.78, 5) is 66.4. The van der Waals surface area contributed by atoms with Crippen LogP contribution in [-0.4, -0.2) is 102 Å². The summed E-state index contributed by atoms with van der Waals surface area (Å²) in [5, 5.41) is 11.0. The molecular formula is C28H38N4O9Si. The van der Waals surface area contributed by atoms with Gasteiger partial charge in [-0.15, -0.1) is 0 Å². The van der Waals surface area contributed by atoms with Crippen LogP contribution in [0.5, 0.6) is 0 Å². The third-order valence-electron chi connectivity index (χ3n) is 8.12. The fraction of sp³-hybridized carbons (Fsp3) is 0.536. The average molecular weight is 603 g/mol. The van der Waals surface area contributed by atoms with Crippen molar-refractivity contribution in [3.05, 3.63) is 68.5 Å². The predicted octanol–water partition coefficient (Wildman–Crippen LogP) is 0.957. The lowest BCUT2D eigenvalue weighted by Crippen LogP contribution is -2.50. The van der Waals surface area contributed by atoms with Crippen LogP contribution in [0, 0.1) is 0 Å². The molecule has 3 heterocycles. The van der Waals surface area contributed by atoms with Gasteiger partial charge in [-0.1, -0.05) is 32.9 Å². The number of benzene rings is 1. The Balaban J connectivity index is 1.37. The minimum atomic E-state index is -2.39. The van der Waals surface area contributed by atoms with Crippen molar-refractivity contribution in [1.29, 1.82) is 0 Å². The first-order chi connectivity index (χ1) is 19.6. The van der Waals surface area contributed by atoms with Gasteiger partial charge in [-0.05, 0) is 30.3 Å². The van der Waals surface area contributed by atoms with Gasteiger partial charge >= 0.3 is 5.69 Å². The van der Waals surface area contributed by atoms with Crippen LogP contribution >= 0.6 is 0 Å². The molecule has 1 aromatic carbocycles. The number of aromatic amines is 1. The highest BCUT2D eigenvalue weighted by Gasteiger charge is 2.50. The monoisotopic (exact) mass is 602 g/mol. The van der Waals surface area contributed by atoms with Gasteiger partial charge in [-0.2, -0.15) is 0 Å². The smallest absolute Gasteiger partial charge is 0.330 e. The maximum Gasteiger partial charge on any atom is 0.330 e. The lowest BCUT2D eigenvalue weighted by atomic mass is 10.1. The molecule has 2 aromatic rings. The molecule has 13 nitrogen and oxygen atoms in total. The van der Waals surface area contributed by atoms with E-state index in [0.717, 1.165) is 9.47 Å². The van der Waals surface area contributed by atoms with Crippen LogP contribution in [0.3, 0.4) is 0 Å². The van der Waals surface area contributed by atoms with E-state index in [4.69, 9.17) is 13.9 Å². The maximum absolute atomic E-state index is 12.8. The number of hydrogen-bond acceptors (Lipinski definition) is 9. The summed E-state index contributed by atoms with van der Waals surface area (Å²) in [6, 6.07) is 7.60. The number of hydrogen-bond donors (Lipinski definition) is 2. The quantitative estimate of drug-likeness (QED) is 0.229. The molecule has 3 amide bonds. The largest absolute Gasteiger partial charge is 0.408 e. The van der Waals surface area contributed by atoms with Crippen molar-refractivity contribution in [2.75, 3.05) is 33.4 Å². The summed E-state index contributed by atoms with van der Waals surface area (Å²) >= 11 is 0. The van der Waals surface area contributed by atoms with Crippen molar-refractivity contribution in [3.63, 3.8) is 0 Å². The lowest BCUT2D eigenvalue weighted by Gasteiger charge is -2.40. The lowest BCUT2D eigenvalue weighted by molar-refractivity contribution is -0.131. The second-order valence-corrected chi connectivity index (χ2v) is 16.8. The zero-order chi connectivity index (χ0) is 31.0. The second-order valence-electron chi connectivity index (χ2n) is 12.0. The van der Waals surface area contributed by atoms with Crippen molar-refractivity contribution in [2.45, 2.75) is 63.4 Å². The third-order valence-corrected chi connectivity index (χ3v) is 12.6. The minimum absolute atomic E-state index is 0.00854. The van der Waals surface area contributed by atoms with Gasteiger partial charge in [0, 0.05) is 25.9 Å². The van der Waals surface area contributed by atoms with Crippen LogP contribution in [0.25, 0.3) is 0 Å². The van der Waals surface area contributed by atoms with Crippen LogP contribution in [0.2, 0.25) is 18.1 Å². The number of aliphatic hydroxyl groups excluding tert-OH is 1. The van der Waals surface area contributed by atoms with Gasteiger partial charge < -0.3 is 23.9 Å². The van der Waals surface area contributed by atoms with E-state index in [2.05, 4.69) is 25.8 Å². The fourth-order valence-corrected chi connectivity index (χ4v) is 5.86. The zero-order valence-corrected chi connectivity index (χ0v) is 25.7. The fourth-order valence-electron chi connectivity index (χ4n) is 4.54. The Bertz CT molecular complexity index is 1430. The van der Waals surface area contributed by atoms with Crippen LogP contribution in [0.4, 0.5) is 0 Å². The molecule has 2 N–H and O–H groups in total. The van der Waals surface area contributed by atoms with E-state index < -0.39 is 68.4 Å². The van der Waals surface area contributed by atoms with E-state index in [1.807, 2.05) is 13.1 Å². The molecule has 1 saturated heterocycles. The van der Waals surface area contributed by atoms with E-state index in [0.29, 0.717) is 0 Å². The van der Waals surface area contributed by atoms with Crippen molar-refractivity contribution < 1.29 is 33.4 Å². The summed E-state index contributed by atoms with van der Waals surface area (Å²) in [7, 11) is -0.850. The van der Waals surface area contributed by atoms with Crippen molar-refractivity contribution >= 4 is 26.0 Å². The van der Waals surface area contributed by atoms with Crippen LogP contribution in [0.15, 0.2) is 46.1 Å². The highest BCUT2D eigenvalue weighted by molar-refractivity contribution is 6.74. The van der Waals surface area contributed by atoms with E-state index in [9.17, 15) is 29.1 Å². The number of aliphatic hydroxyl groups is 1.